The van der Waals surface area contributed by atoms with Gasteiger partial charge in [0.05, 0.1) is 12.3 Å². The predicted molar refractivity (Wildman–Crippen MR) is 128 cm³/mol. The second-order valence-corrected chi connectivity index (χ2v) is 8.14. The van der Waals surface area contributed by atoms with Crippen molar-refractivity contribution in [2.75, 3.05) is 11.1 Å². The van der Waals surface area contributed by atoms with E-state index in [0.29, 0.717) is 23.1 Å². The molecule has 2 amide bonds. The Bertz CT molecular complexity index is 1090. The molecule has 7 nitrogen and oxygen atoms in total. The molecule has 1 heterocycles. The van der Waals surface area contributed by atoms with Crippen molar-refractivity contribution in [1.82, 2.24) is 20.1 Å². The van der Waals surface area contributed by atoms with Crippen LogP contribution in [-0.4, -0.2) is 32.3 Å². The lowest BCUT2D eigenvalue weighted by Crippen LogP contribution is -2.24. The van der Waals surface area contributed by atoms with Gasteiger partial charge in [0.1, 0.15) is 0 Å². The van der Waals surface area contributed by atoms with Crippen molar-refractivity contribution in [3.8, 4) is 0 Å². The highest BCUT2D eigenvalue weighted by atomic mass is 32.2. The third-order valence-electron chi connectivity index (χ3n) is 4.83. The quantitative estimate of drug-likeness (QED) is 0.361. The summed E-state index contributed by atoms with van der Waals surface area (Å²) in [5, 5.41) is 14.8. The van der Waals surface area contributed by atoms with Gasteiger partial charge in [-0.3, -0.25) is 9.59 Å². The Hall–Kier alpha value is -3.39. The minimum Gasteiger partial charge on any atom is -0.345 e. The van der Waals surface area contributed by atoms with E-state index in [-0.39, 0.29) is 24.1 Å². The van der Waals surface area contributed by atoms with Crippen molar-refractivity contribution in [1.29, 1.82) is 0 Å². The van der Waals surface area contributed by atoms with Gasteiger partial charge in [-0.1, -0.05) is 60.7 Å². The molecule has 0 fully saturated rings. The van der Waals surface area contributed by atoms with E-state index in [1.165, 1.54) is 11.8 Å². The van der Waals surface area contributed by atoms with Crippen LogP contribution < -0.4 is 10.6 Å². The van der Waals surface area contributed by atoms with Crippen LogP contribution in [0.5, 0.6) is 0 Å². The van der Waals surface area contributed by atoms with Crippen LogP contribution in [0.1, 0.15) is 34.2 Å². The van der Waals surface area contributed by atoms with Gasteiger partial charge in [0.25, 0.3) is 5.91 Å². The van der Waals surface area contributed by atoms with Gasteiger partial charge in [0, 0.05) is 17.8 Å². The summed E-state index contributed by atoms with van der Waals surface area (Å²) < 4.78 is 1.85. The Balaban J connectivity index is 1.61. The van der Waals surface area contributed by atoms with Crippen molar-refractivity contribution < 1.29 is 9.59 Å². The number of nitrogens with one attached hydrogen (secondary N) is 2. The Morgan fingerprint density at radius 2 is 1.88 bits per heavy atom. The number of allylic oxidation sites excluding steroid dienone is 1. The summed E-state index contributed by atoms with van der Waals surface area (Å²) in [6, 6.07) is 15.1. The van der Waals surface area contributed by atoms with E-state index in [1.807, 2.05) is 47.9 Å². The highest BCUT2D eigenvalue weighted by Crippen LogP contribution is 2.20. The molecule has 1 aromatic heterocycles. The molecule has 3 rings (SSSR count). The van der Waals surface area contributed by atoms with Gasteiger partial charge in [-0.2, -0.15) is 0 Å². The number of carbonyl (C=O) groups excluding carboxylic acids is 2. The number of carbonyl (C=O) groups is 2. The molecule has 0 aliphatic heterocycles. The lowest BCUT2D eigenvalue weighted by Gasteiger charge is -2.10. The molecule has 0 saturated heterocycles. The van der Waals surface area contributed by atoms with E-state index in [1.54, 1.807) is 18.2 Å². The van der Waals surface area contributed by atoms with Crippen LogP contribution in [0, 0.1) is 6.92 Å². The molecule has 0 aliphatic carbocycles. The normalized spacial score (nSPS) is 10.6. The monoisotopic (exact) mass is 449 g/mol. The fourth-order valence-electron chi connectivity index (χ4n) is 3.10. The zero-order chi connectivity index (χ0) is 22.9. The molecule has 3 aromatic rings. The molecule has 2 N–H and O–H groups in total. The van der Waals surface area contributed by atoms with Crippen LogP contribution in [0.2, 0.25) is 0 Å². The highest BCUT2D eigenvalue weighted by molar-refractivity contribution is 7.99. The lowest BCUT2D eigenvalue weighted by molar-refractivity contribution is -0.113. The lowest BCUT2D eigenvalue weighted by atomic mass is 10.1. The summed E-state index contributed by atoms with van der Waals surface area (Å²) in [4.78, 5) is 24.9. The van der Waals surface area contributed by atoms with Crippen molar-refractivity contribution in [3.63, 3.8) is 0 Å². The van der Waals surface area contributed by atoms with E-state index in [0.717, 1.165) is 23.2 Å². The number of aromatic nitrogens is 3. The van der Waals surface area contributed by atoms with E-state index < -0.39 is 0 Å². The molecule has 0 bridgehead atoms. The minimum atomic E-state index is -0.179. The summed E-state index contributed by atoms with van der Waals surface area (Å²) in [7, 11) is 0. The summed E-state index contributed by atoms with van der Waals surface area (Å²) in [6.45, 7) is 8.52. The molecular weight excluding hydrogens is 422 g/mol. The molecule has 0 aliphatic rings. The third-order valence-corrected chi connectivity index (χ3v) is 5.80. The van der Waals surface area contributed by atoms with E-state index in [2.05, 4.69) is 34.3 Å². The average molecular weight is 450 g/mol. The molecule has 0 unspecified atom stereocenters. The minimum absolute atomic E-state index is 0.113. The first-order valence-electron chi connectivity index (χ1n) is 10.4. The number of anilines is 1. The van der Waals surface area contributed by atoms with Gasteiger partial charge >= 0.3 is 0 Å². The summed E-state index contributed by atoms with van der Waals surface area (Å²) in [6.07, 6.45) is 2.57. The fraction of sp³-hybridized carbons (Fsp3) is 0.250. The Morgan fingerprint density at radius 1 is 1.12 bits per heavy atom. The summed E-state index contributed by atoms with van der Waals surface area (Å²) in [5.74, 6) is 0.507. The van der Waals surface area contributed by atoms with E-state index in [4.69, 9.17) is 0 Å². The molecule has 32 heavy (non-hydrogen) atoms. The van der Waals surface area contributed by atoms with Crippen LogP contribution in [0.25, 0.3) is 0 Å². The van der Waals surface area contributed by atoms with Gasteiger partial charge in [-0.05, 0) is 37.1 Å². The van der Waals surface area contributed by atoms with Crippen molar-refractivity contribution >= 4 is 29.3 Å². The number of rotatable bonds is 10. The molecular formula is C24H27N5O2S. The second kappa shape index (κ2) is 11.3. The molecule has 0 spiro atoms. The van der Waals surface area contributed by atoms with Crippen LogP contribution in [0.15, 0.2) is 66.3 Å². The molecule has 0 radical (unpaired) electrons. The topological polar surface area (TPSA) is 88.9 Å². The standard InChI is InChI=1S/C24H27N5O2S/c1-4-14-29-21(15-25-23(31)19-12-10-17(3)11-13-19)27-28-24(29)32-16-22(30)26-20-9-7-6-8-18(20)5-2/h4,6-13H,1,5,14-16H2,2-3H3,(H,25,31)(H,26,30). The first kappa shape index (κ1) is 23.3. The zero-order valence-electron chi connectivity index (χ0n) is 18.3. The zero-order valence-corrected chi connectivity index (χ0v) is 19.1. The number of benzene rings is 2. The van der Waals surface area contributed by atoms with Gasteiger partial charge in [0.2, 0.25) is 5.91 Å². The fourth-order valence-corrected chi connectivity index (χ4v) is 3.87. The van der Waals surface area contributed by atoms with Crippen LogP contribution in [0.4, 0.5) is 5.69 Å². The van der Waals surface area contributed by atoms with Gasteiger partial charge in [-0.25, -0.2) is 0 Å². The van der Waals surface area contributed by atoms with Gasteiger partial charge < -0.3 is 15.2 Å². The first-order chi connectivity index (χ1) is 15.5. The second-order valence-electron chi connectivity index (χ2n) is 7.19. The average Bonchev–Trinajstić information content (AvgIpc) is 3.18. The molecule has 0 saturated carbocycles. The molecule has 2 aromatic carbocycles. The number of amides is 2. The molecule has 8 heteroatoms. The largest absolute Gasteiger partial charge is 0.345 e. The van der Waals surface area contributed by atoms with Crippen molar-refractivity contribution in [3.05, 3.63) is 83.7 Å². The molecule has 0 atom stereocenters. The number of para-hydroxylation sites is 1. The van der Waals surface area contributed by atoms with E-state index >= 15 is 0 Å². The Labute approximate surface area is 192 Å². The maximum Gasteiger partial charge on any atom is 0.251 e. The van der Waals surface area contributed by atoms with Gasteiger partial charge in [0.15, 0.2) is 11.0 Å². The summed E-state index contributed by atoms with van der Waals surface area (Å²) >= 11 is 1.30. The third kappa shape index (κ3) is 6.07. The van der Waals surface area contributed by atoms with Crippen LogP contribution in [-0.2, 0) is 24.3 Å². The van der Waals surface area contributed by atoms with Crippen molar-refractivity contribution in [2.24, 2.45) is 0 Å². The number of hydrogen-bond donors (Lipinski definition) is 2. The van der Waals surface area contributed by atoms with E-state index in [9.17, 15) is 9.59 Å². The number of thioether (sulfide) groups is 1. The molecule has 166 valence electrons. The number of nitrogens with zero attached hydrogens (tertiary/aromatic N) is 3. The summed E-state index contributed by atoms with van der Waals surface area (Å²) in [5.41, 5.74) is 3.60. The van der Waals surface area contributed by atoms with Gasteiger partial charge in [-0.15, -0.1) is 16.8 Å². The maximum atomic E-state index is 12.5. The Morgan fingerprint density at radius 3 is 2.59 bits per heavy atom. The van der Waals surface area contributed by atoms with Crippen molar-refractivity contribution in [2.45, 2.75) is 38.5 Å². The SMILES string of the molecule is C=CCn1c(CNC(=O)c2ccc(C)cc2)nnc1SCC(=O)Nc1ccccc1CC. The smallest absolute Gasteiger partial charge is 0.251 e. The maximum absolute atomic E-state index is 12.5. The number of hydrogen-bond acceptors (Lipinski definition) is 5. The highest BCUT2D eigenvalue weighted by Gasteiger charge is 2.15. The predicted octanol–water partition coefficient (Wildman–Crippen LogP) is 4.00. The Kier molecular flexibility index (Phi) is 8.21. The first-order valence-corrected chi connectivity index (χ1v) is 11.4. The van der Waals surface area contributed by atoms with Crippen LogP contribution >= 0.6 is 11.8 Å². The number of aryl methyl sites for hydroxylation is 2. The van der Waals surface area contributed by atoms with Crippen LogP contribution in [0.3, 0.4) is 0 Å².